The third-order valence-electron chi connectivity index (χ3n) is 4.65. The molecule has 0 spiro atoms. The Morgan fingerprint density at radius 3 is 2.79 bits per heavy atom. The topological polar surface area (TPSA) is 59.5 Å². The highest BCUT2D eigenvalue weighted by molar-refractivity contribution is 7.15. The van der Waals surface area contributed by atoms with Gasteiger partial charge in [0.25, 0.3) is 5.91 Å². The molecule has 0 saturated carbocycles. The molecular formula is C21H14ClN3O2S. The standard InChI is InChI=1S/C21H14ClN3O2S/c1-12-15-3-2-4-16(22)19(15)27-18(12)20(26)23-14-7-5-13(6-8-14)17-11-25-9-10-28-21(25)24-17/h2-11H,1H3,(H,23,26). The number of anilines is 1. The summed E-state index contributed by atoms with van der Waals surface area (Å²) in [5.74, 6) is -0.0402. The lowest BCUT2D eigenvalue weighted by atomic mass is 10.1. The number of aryl methyl sites for hydroxylation is 1. The zero-order chi connectivity index (χ0) is 19.3. The highest BCUT2D eigenvalue weighted by Gasteiger charge is 2.19. The van der Waals surface area contributed by atoms with Gasteiger partial charge >= 0.3 is 0 Å². The van der Waals surface area contributed by atoms with Crippen molar-refractivity contribution in [2.24, 2.45) is 0 Å². The maximum atomic E-state index is 12.7. The Morgan fingerprint density at radius 2 is 2.04 bits per heavy atom. The van der Waals surface area contributed by atoms with Crippen LogP contribution in [0, 0.1) is 6.92 Å². The molecule has 0 aliphatic carbocycles. The van der Waals surface area contributed by atoms with E-state index in [1.165, 1.54) is 0 Å². The first-order chi connectivity index (χ1) is 13.6. The summed E-state index contributed by atoms with van der Waals surface area (Å²) < 4.78 is 7.72. The van der Waals surface area contributed by atoms with E-state index in [9.17, 15) is 4.79 Å². The summed E-state index contributed by atoms with van der Waals surface area (Å²) in [4.78, 5) is 18.2. The summed E-state index contributed by atoms with van der Waals surface area (Å²) in [7, 11) is 0. The second-order valence-corrected chi connectivity index (χ2v) is 7.70. The quantitative estimate of drug-likeness (QED) is 0.397. The lowest BCUT2D eigenvalue weighted by molar-refractivity contribution is 0.0998. The summed E-state index contributed by atoms with van der Waals surface area (Å²) in [6.45, 7) is 1.85. The van der Waals surface area contributed by atoms with E-state index in [0.29, 0.717) is 16.3 Å². The van der Waals surface area contributed by atoms with Crippen molar-refractivity contribution in [3.8, 4) is 11.3 Å². The monoisotopic (exact) mass is 407 g/mol. The van der Waals surface area contributed by atoms with Gasteiger partial charge in [0.05, 0.1) is 10.7 Å². The van der Waals surface area contributed by atoms with Crippen molar-refractivity contribution in [3.05, 3.63) is 76.6 Å². The van der Waals surface area contributed by atoms with Crippen LogP contribution in [0.25, 0.3) is 27.2 Å². The largest absolute Gasteiger partial charge is 0.449 e. The second kappa shape index (κ2) is 6.51. The molecule has 28 heavy (non-hydrogen) atoms. The zero-order valence-electron chi connectivity index (χ0n) is 14.8. The molecule has 7 heteroatoms. The number of aromatic nitrogens is 2. The Balaban J connectivity index is 1.40. The Bertz CT molecular complexity index is 1300. The molecule has 1 amide bonds. The molecule has 5 nitrogen and oxygen atoms in total. The molecule has 5 rings (SSSR count). The first-order valence-corrected chi connectivity index (χ1v) is 9.87. The Morgan fingerprint density at radius 1 is 1.21 bits per heavy atom. The molecule has 0 unspecified atom stereocenters. The van der Waals surface area contributed by atoms with Crippen LogP contribution >= 0.6 is 22.9 Å². The number of benzene rings is 2. The van der Waals surface area contributed by atoms with Gasteiger partial charge in [-0.25, -0.2) is 4.98 Å². The van der Waals surface area contributed by atoms with Crippen molar-refractivity contribution in [3.63, 3.8) is 0 Å². The fraction of sp³-hybridized carbons (Fsp3) is 0.0476. The van der Waals surface area contributed by atoms with Crippen LogP contribution in [0.5, 0.6) is 0 Å². The van der Waals surface area contributed by atoms with Gasteiger partial charge in [0.1, 0.15) is 0 Å². The van der Waals surface area contributed by atoms with Crippen molar-refractivity contribution >= 4 is 50.5 Å². The first-order valence-electron chi connectivity index (χ1n) is 8.62. The zero-order valence-corrected chi connectivity index (χ0v) is 16.3. The van der Waals surface area contributed by atoms with Crippen molar-refractivity contribution in [2.75, 3.05) is 5.32 Å². The lowest BCUT2D eigenvalue weighted by Gasteiger charge is -2.05. The van der Waals surface area contributed by atoms with Crippen molar-refractivity contribution in [2.45, 2.75) is 6.92 Å². The summed E-state index contributed by atoms with van der Waals surface area (Å²) in [5.41, 5.74) is 3.86. The van der Waals surface area contributed by atoms with Crippen LogP contribution in [0.4, 0.5) is 5.69 Å². The van der Waals surface area contributed by atoms with E-state index in [4.69, 9.17) is 16.0 Å². The minimum atomic E-state index is -0.306. The van der Waals surface area contributed by atoms with Crippen molar-refractivity contribution < 1.29 is 9.21 Å². The average molecular weight is 408 g/mol. The highest BCUT2D eigenvalue weighted by Crippen LogP contribution is 2.31. The number of nitrogens with zero attached hydrogens (tertiary/aromatic N) is 2. The molecule has 2 aromatic carbocycles. The molecule has 138 valence electrons. The van der Waals surface area contributed by atoms with Gasteiger partial charge in [-0.05, 0) is 25.1 Å². The molecule has 3 aromatic heterocycles. The van der Waals surface area contributed by atoms with Gasteiger partial charge in [0, 0.05) is 40.0 Å². The third kappa shape index (κ3) is 2.78. The van der Waals surface area contributed by atoms with Gasteiger partial charge in [0.15, 0.2) is 16.3 Å². The fourth-order valence-electron chi connectivity index (χ4n) is 3.20. The lowest BCUT2D eigenvalue weighted by Crippen LogP contribution is -2.11. The Hall–Kier alpha value is -3.09. The van der Waals surface area contributed by atoms with Gasteiger partial charge in [-0.15, -0.1) is 11.3 Å². The average Bonchev–Trinajstić information content (AvgIpc) is 3.37. The van der Waals surface area contributed by atoms with Crippen LogP contribution in [0.1, 0.15) is 16.1 Å². The fourth-order valence-corrected chi connectivity index (χ4v) is 4.12. The molecule has 0 aliphatic heterocycles. The second-order valence-electron chi connectivity index (χ2n) is 6.42. The number of carbonyl (C=O) groups excluding carboxylic acids is 1. The third-order valence-corrected chi connectivity index (χ3v) is 5.72. The van der Waals surface area contributed by atoms with Gasteiger partial charge in [0.2, 0.25) is 0 Å². The summed E-state index contributed by atoms with van der Waals surface area (Å²) in [6.07, 6.45) is 3.97. The number of carbonyl (C=O) groups is 1. The Labute approximate surface area is 169 Å². The number of rotatable bonds is 3. The minimum absolute atomic E-state index is 0.265. The van der Waals surface area contributed by atoms with E-state index in [1.54, 1.807) is 17.4 Å². The number of hydrogen-bond acceptors (Lipinski definition) is 4. The van der Waals surface area contributed by atoms with Crippen LogP contribution in [0.15, 0.2) is 64.7 Å². The maximum Gasteiger partial charge on any atom is 0.291 e. The van der Waals surface area contributed by atoms with E-state index >= 15 is 0 Å². The molecule has 0 saturated heterocycles. The predicted octanol–water partition coefficient (Wildman–Crippen LogP) is 6.02. The molecule has 0 aliphatic rings. The minimum Gasteiger partial charge on any atom is -0.449 e. The number of fused-ring (bicyclic) bond motifs is 2. The summed E-state index contributed by atoms with van der Waals surface area (Å²) in [5, 5.41) is 6.21. The van der Waals surface area contributed by atoms with Crippen molar-refractivity contribution in [1.29, 1.82) is 0 Å². The van der Waals surface area contributed by atoms with Crippen LogP contribution in [0.3, 0.4) is 0 Å². The van der Waals surface area contributed by atoms with Crippen LogP contribution in [-0.2, 0) is 0 Å². The molecule has 0 atom stereocenters. The molecule has 5 aromatic rings. The van der Waals surface area contributed by atoms with E-state index in [-0.39, 0.29) is 11.7 Å². The SMILES string of the molecule is Cc1c(C(=O)Nc2ccc(-c3cn4ccsc4n3)cc2)oc2c(Cl)cccc12. The van der Waals surface area contributed by atoms with Gasteiger partial charge < -0.3 is 9.73 Å². The van der Waals surface area contributed by atoms with E-state index in [2.05, 4.69) is 10.3 Å². The van der Waals surface area contributed by atoms with Crippen molar-refractivity contribution in [1.82, 2.24) is 9.38 Å². The number of para-hydroxylation sites is 1. The molecule has 0 radical (unpaired) electrons. The molecule has 3 heterocycles. The molecular weight excluding hydrogens is 394 g/mol. The van der Waals surface area contributed by atoms with Gasteiger partial charge in [-0.1, -0.05) is 35.9 Å². The normalized spacial score (nSPS) is 11.4. The van der Waals surface area contributed by atoms with Crippen LogP contribution in [0.2, 0.25) is 5.02 Å². The van der Waals surface area contributed by atoms with E-state index in [1.807, 2.05) is 65.5 Å². The van der Waals surface area contributed by atoms with Gasteiger partial charge in [-0.2, -0.15) is 0 Å². The number of amides is 1. The number of imidazole rings is 1. The number of nitrogens with one attached hydrogen (secondary N) is 1. The maximum absolute atomic E-state index is 12.7. The number of halogens is 1. The molecule has 0 bridgehead atoms. The number of hydrogen-bond donors (Lipinski definition) is 1. The van der Waals surface area contributed by atoms with Crippen LogP contribution < -0.4 is 5.32 Å². The van der Waals surface area contributed by atoms with E-state index < -0.39 is 0 Å². The number of furan rings is 1. The molecule has 1 N–H and O–H groups in total. The van der Waals surface area contributed by atoms with E-state index in [0.717, 1.165) is 27.2 Å². The highest BCUT2D eigenvalue weighted by atomic mass is 35.5. The summed E-state index contributed by atoms with van der Waals surface area (Å²) >= 11 is 7.76. The number of thiazole rings is 1. The Kier molecular flexibility index (Phi) is 3.96. The van der Waals surface area contributed by atoms with Crippen LogP contribution in [-0.4, -0.2) is 15.3 Å². The summed E-state index contributed by atoms with van der Waals surface area (Å²) in [6, 6.07) is 13.1. The smallest absolute Gasteiger partial charge is 0.291 e. The molecule has 0 fully saturated rings. The van der Waals surface area contributed by atoms with Gasteiger partial charge in [-0.3, -0.25) is 9.20 Å². The predicted molar refractivity (Wildman–Crippen MR) is 112 cm³/mol. The first kappa shape index (κ1) is 17.0.